The van der Waals surface area contributed by atoms with Crippen molar-refractivity contribution in [2.24, 2.45) is 0 Å². The van der Waals surface area contributed by atoms with Gasteiger partial charge < -0.3 is 0 Å². The quantitative estimate of drug-likeness (QED) is 0.690. The van der Waals surface area contributed by atoms with Crippen molar-refractivity contribution in [2.45, 2.75) is 15.8 Å². The van der Waals surface area contributed by atoms with Gasteiger partial charge >= 0.3 is 0 Å². The first-order chi connectivity index (χ1) is 9.35. The average Bonchev–Trinajstić information content (AvgIpc) is 2.88. The van der Waals surface area contributed by atoms with Gasteiger partial charge in [0, 0.05) is 23.0 Å². The van der Waals surface area contributed by atoms with Crippen molar-refractivity contribution < 1.29 is 0 Å². The van der Waals surface area contributed by atoms with Gasteiger partial charge in [-0.1, -0.05) is 23.9 Å². The van der Waals surface area contributed by atoms with E-state index >= 15 is 0 Å². The molecule has 0 saturated heterocycles. The van der Waals surface area contributed by atoms with Crippen molar-refractivity contribution in [3.8, 4) is 0 Å². The summed E-state index contributed by atoms with van der Waals surface area (Å²) in [6, 6.07) is 10.4. The monoisotopic (exact) mass is 288 g/mol. The highest BCUT2D eigenvalue weighted by atomic mass is 32.2. The standard InChI is InChI=1S/C13H12N4S2/c1-18-11-5-3-10(4-6-11)9-19-13-15-12-14-7-2-8-17(12)16-13/h2-8H,9H2,1H3. The highest BCUT2D eigenvalue weighted by Gasteiger charge is 2.04. The van der Waals surface area contributed by atoms with Crippen molar-refractivity contribution in [3.63, 3.8) is 0 Å². The molecule has 0 aliphatic heterocycles. The maximum absolute atomic E-state index is 4.36. The Morgan fingerprint density at radius 2 is 2.05 bits per heavy atom. The fourth-order valence-corrected chi connectivity index (χ4v) is 2.83. The molecule has 6 heteroatoms. The molecule has 0 bridgehead atoms. The first-order valence-electron chi connectivity index (χ1n) is 5.78. The highest BCUT2D eigenvalue weighted by molar-refractivity contribution is 7.98. The maximum Gasteiger partial charge on any atom is 0.253 e. The minimum atomic E-state index is 0.641. The first-order valence-corrected chi connectivity index (χ1v) is 7.99. The van der Waals surface area contributed by atoms with E-state index in [1.165, 1.54) is 10.5 Å². The first kappa shape index (κ1) is 12.5. The number of benzene rings is 1. The molecule has 3 rings (SSSR count). The molecule has 0 unspecified atom stereocenters. The molecule has 2 heterocycles. The number of rotatable bonds is 4. The summed E-state index contributed by atoms with van der Waals surface area (Å²) in [5.41, 5.74) is 1.27. The number of aromatic nitrogens is 4. The fraction of sp³-hybridized carbons (Fsp3) is 0.154. The number of nitrogens with zero attached hydrogens (tertiary/aromatic N) is 4. The Kier molecular flexibility index (Phi) is 3.70. The molecule has 96 valence electrons. The summed E-state index contributed by atoms with van der Waals surface area (Å²) in [5, 5.41) is 5.12. The molecule has 0 amide bonds. The molecule has 0 aliphatic rings. The zero-order valence-electron chi connectivity index (χ0n) is 10.4. The zero-order valence-corrected chi connectivity index (χ0v) is 12.0. The molecule has 19 heavy (non-hydrogen) atoms. The summed E-state index contributed by atoms with van der Waals surface area (Å²) in [4.78, 5) is 9.80. The number of hydrogen-bond acceptors (Lipinski definition) is 5. The van der Waals surface area contributed by atoms with E-state index in [1.807, 2.05) is 12.3 Å². The average molecular weight is 288 g/mol. The Balaban J connectivity index is 1.70. The molecule has 4 nitrogen and oxygen atoms in total. The minimum Gasteiger partial charge on any atom is -0.220 e. The van der Waals surface area contributed by atoms with Gasteiger partial charge in [0.15, 0.2) is 0 Å². The summed E-state index contributed by atoms with van der Waals surface area (Å²) >= 11 is 3.37. The molecular weight excluding hydrogens is 276 g/mol. The van der Waals surface area contributed by atoms with E-state index in [0.29, 0.717) is 5.78 Å². The van der Waals surface area contributed by atoms with E-state index < -0.39 is 0 Å². The number of hydrogen-bond donors (Lipinski definition) is 0. The second kappa shape index (κ2) is 5.63. The van der Waals surface area contributed by atoms with Gasteiger partial charge in [0.05, 0.1) is 0 Å². The Morgan fingerprint density at radius 3 is 2.79 bits per heavy atom. The van der Waals surface area contributed by atoms with Gasteiger partial charge in [-0.3, -0.25) is 0 Å². The van der Waals surface area contributed by atoms with Crippen LogP contribution in [0, 0.1) is 0 Å². The van der Waals surface area contributed by atoms with Gasteiger partial charge in [-0.25, -0.2) is 9.50 Å². The molecule has 0 saturated carbocycles. The second-order valence-corrected chi connectivity index (χ2v) is 5.72. The van der Waals surface area contributed by atoms with Crippen LogP contribution in [0.15, 0.2) is 52.8 Å². The SMILES string of the molecule is CSc1ccc(CSc2nc3ncccn3n2)cc1. The van der Waals surface area contributed by atoms with E-state index in [2.05, 4.69) is 45.6 Å². The van der Waals surface area contributed by atoms with E-state index in [0.717, 1.165) is 10.9 Å². The highest BCUT2D eigenvalue weighted by Crippen LogP contribution is 2.21. The molecule has 2 aromatic heterocycles. The van der Waals surface area contributed by atoms with Crippen LogP contribution in [0.25, 0.3) is 5.78 Å². The van der Waals surface area contributed by atoms with E-state index in [-0.39, 0.29) is 0 Å². The molecule has 0 N–H and O–H groups in total. The summed E-state index contributed by atoms with van der Waals surface area (Å²) < 4.78 is 1.69. The van der Waals surface area contributed by atoms with Crippen molar-refractivity contribution in [2.75, 3.05) is 6.26 Å². The molecule has 0 fully saturated rings. The van der Waals surface area contributed by atoms with Gasteiger partial charge in [-0.15, -0.1) is 16.9 Å². The lowest BCUT2D eigenvalue weighted by Gasteiger charge is -2.00. The Labute approximate surface area is 119 Å². The van der Waals surface area contributed by atoms with Crippen LogP contribution in [0.5, 0.6) is 0 Å². The second-order valence-electron chi connectivity index (χ2n) is 3.90. The predicted molar refractivity (Wildman–Crippen MR) is 78.6 cm³/mol. The van der Waals surface area contributed by atoms with E-state index in [9.17, 15) is 0 Å². The Morgan fingerprint density at radius 1 is 1.21 bits per heavy atom. The molecule has 0 spiro atoms. The Bertz CT molecular complexity index is 645. The van der Waals surface area contributed by atoms with Crippen LogP contribution in [-0.4, -0.2) is 25.8 Å². The van der Waals surface area contributed by atoms with Crippen LogP contribution in [0.3, 0.4) is 0 Å². The van der Waals surface area contributed by atoms with Crippen LogP contribution >= 0.6 is 23.5 Å². The minimum absolute atomic E-state index is 0.641. The molecule has 1 aromatic carbocycles. The summed E-state index contributed by atoms with van der Waals surface area (Å²) in [6.45, 7) is 0. The van der Waals surface area contributed by atoms with Crippen molar-refractivity contribution >= 4 is 29.3 Å². The molecule has 0 radical (unpaired) electrons. The van der Waals surface area contributed by atoms with Crippen LogP contribution in [0.1, 0.15) is 5.56 Å². The van der Waals surface area contributed by atoms with Gasteiger partial charge in [0.1, 0.15) is 0 Å². The van der Waals surface area contributed by atoms with Crippen molar-refractivity contribution in [1.29, 1.82) is 0 Å². The normalized spacial score (nSPS) is 11.0. The fourth-order valence-electron chi connectivity index (χ4n) is 1.64. The lowest BCUT2D eigenvalue weighted by molar-refractivity contribution is 0.879. The third-order valence-electron chi connectivity index (χ3n) is 2.62. The van der Waals surface area contributed by atoms with Crippen LogP contribution < -0.4 is 0 Å². The van der Waals surface area contributed by atoms with Gasteiger partial charge in [0.25, 0.3) is 5.78 Å². The van der Waals surface area contributed by atoms with Crippen LogP contribution in [-0.2, 0) is 5.75 Å². The number of fused-ring (bicyclic) bond motifs is 1. The van der Waals surface area contributed by atoms with Gasteiger partial charge in [-0.2, -0.15) is 4.98 Å². The molecule has 3 aromatic rings. The van der Waals surface area contributed by atoms with E-state index in [4.69, 9.17) is 0 Å². The van der Waals surface area contributed by atoms with Gasteiger partial charge in [0.2, 0.25) is 5.16 Å². The third-order valence-corrected chi connectivity index (χ3v) is 4.28. The van der Waals surface area contributed by atoms with E-state index in [1.54, 1.807) is 34.2 Å². The largest absolute Gasteiger partial charge is 0.253 e. The van der Waals surface area contributed by atoms with Crippen molar-refractivity contribution in [1.82, 2.24) is 19.6 Å². The lowest BCUT2D eigenvalue weighted by Crippen LogP contribution is -1.87. The predicted octanol–water partition coefficient (Wildman–Crippen LogP) is 3.14. The summed E-state index contributed by atoms with van der Waals surface area (Å²) in [6.07, 6.45) is 5.66. The zero-order chi connectivity index (χ0) is 13.1. The van der Waals surface area contributed by atoms with Crippen LogP contribution in [0.2, 0.25) is 0 Å². The topological polar surface area (TPSA) is 43.1 Å². The van der Waals surface area contributed by atoms with Crippen molar-refractivity contribution in [3.05, 3.63) is 48.3 Å². The summed E-state index contributed by atoms with van der Waals surface area (Å²) in [5.74, 6) is 1.51. The molecule has 0 atom stereocenters. The van der Waals surface area contributed by atoms with Gasteiger partial charge in [-0.05, 0) is 30.0 Å². The van der Waals surface area contributed by atoms with Crippen LogP contribution in [0.4, 0.5) is 0 Å². The lowest BCUT2D eigenvalue weighted by atomic mass is 10.2. The number of thioether (sulfide) groups is 2. The summed E-state index contributed by atoms with van der Waals surface area (Å²) in [7, 11) is 0. The third kappa shape index (κ3) is 2.90. The smallest absolute Gasteiger partial charge is 0.220 e. The molecule has 0 aliphatic carbocycles. The molecular formula is C13H12N4S2. The Hall–Kier alpha value is -1.53. The maximum atomic E-state index is 4.36.